The summed E-state index contributed by atoms with van der Waals surface area (Å²) in [6.07, 6.45) is -0.796. The highest BCUT2D eigenvalue weighted by atomic mass is 16.6. The second-order valence-corrected chi connectivity index (χ2v) is 4.79. The third-order valence-corrected chi connectivity index (χ3v) is 2.99. The summed E-state index contributed by atoms with van der Waals surface area (Å²) in [7, 11) is 0. The Morgan fingerprint density at radius 3 is 2.32 bits per heavy atom. The summed E-state index contributed by atoms with van der Waals surface area (Å²) in [6.45, 7) is 1.79. The van der Waals surface area contributed by atoms with Gasteiger partial charge in [0.2, 0.25) is 0 Å². The zero-order valence-corrected chi connectivity index (χ0v) is 12.1. The normalized spacial score (nSPS) is 11.7. The standard InChI is InChI=1S/C16H17NO5/c1-12-9-15(7-8-16(12)17(19)20)22-11-13(18)10-21-14-5-3-2-4-6-14/h2-9,13,18H,10-11H2,1H3. The number of rotatable bonds is 7. The van der Waals surface area contributed by atoms with Gasteiger partial charge in [0.15, 0.2) is 0 Å². The van der Waals surface area contributed by atoms with Crippen molar-refractivity contribution in [1.82, 2.24) is 0 Å². The fourth-order valence-electron chi connectivity index (χ4n) is 1.87. The number of nitro groups is 1. The van der Waals surface area contributed by atoms with Crippen LogP contribution in [0.5, 0.6) is 11.5 Å². The largest absolute Gasteiger partial charge is 0.491 e. The first-order valence-electron chi connectivity index (χ1n) is 6.80. The van der Waals surface area contributed by atoms with Crippen LogP contribution in [-0.4, -0.2) is 29.3 Å². The first kappa shape index (κ1) is 15.8. The van der Waals surface area contributed by atoms with E-state index in [2.05, 4.69) is 0 Å². The molecule has 0 aliphatic heterocycles. The van der Waals surface area contributed by atoms with Crippen LogP contribution in [-0.2, 0) is 0 Å². The molecule has 0 spiro atoms. The lowest BCUT2D eigenvalue weighted by Crippen LogP contribution is -2.25. The third-order valence-electron chi connectivity index (χ3n) is 2.99. The maximum absolute atomic E-state index is 10.7. The number of aliphatic hydroxyl groups is 1. The molecule has 6 nitrogen and oxygen atoms in total. The van der Waals surface area contributed by atoms with Gasteiger partial charge in [0, 0.05) is 11.6 Å². The van der Waals surface area contributed by atoms with Crippen molar-refractivity contribution in [2.75, 3.05) is 13.2 Å². The van der Waals surface area contributed by atoms with Crippen LogP contribution in [0.4, 0.5) is 5.69 Å². The van der Waals surface area contributed by atoms with Gasteiger partial charge in [0.1, 0.15) is 30.8 Å². The molecule has 0 amide bonds. The van der Waals surface area contributed by atoms with Gasteiger partial charge in [-0.2, -0.15) is 0 Å². The molecule has 2 aromatic rings. The summed E-state index contributed by atoms with van der Waals surface area (Å²) in [4.78, 5) is 10.3. The van der Waals surface area contributed by atoms with Crippen molar-refractivity contribution in [3.63, 3.8) is 0 Å². The molecule has 0 saturated heterocycles. The van der Waals surface area contributed by atoms with Gasteiger partial charge in [0.05, 0.1) is 4.92 Å². The maximum atomic E-state index is 10.7. The van der Waals surface area contributed by atoms with Crippen LogP contribution in [0.2, 0.25) is 0 Å². The molecule has 0 radical (unpaired) electrons. The Bertz CT molecular complexity index is 630. The average Bonchev–Trinajstić information content (AvgIpc) is 2.51. The Hall–Kier alpha value is -2.60. The molecule has 0 aliphatic rings. The smallest absolute Gasteiger partial charge is 0.272 e. The molecule has 0 fully saturated rings. The second-order valence-electron chi connectivity index (χ2n) is 4.79. The molecule has 0 heterocycles. The predicted octanol–water partition coefficient (Wildman–Crippen LogP) is 2.72. The van der Waals surface area contributed by atoms with Gasteiger partial charge < -0.3 is 14.6 Å². The molecule has 6 heteroatoms. The van der Waals surface area contributed by atoms with Crippen molar-refractivity contribution < 1.29 is 19.5 Å². The minimum absolute atomic E-state index is 0.0420. The zero-order valence-electron chi connectivity index (χ0n) is 12.1. The first-order valence-corrected chi connectivity index (χ1v) is 6.80. The van der Waals surface area contributed by atoms with E-state index in [-0.39, 0.29) is 18.9 Å². The number of para-hydroxylation sites is 1. The zero-order chi connectivity index (χ0) is 15.9. The van der Waals surface area contributed by atoms with Gasteiger partial charge >= 0.3 is 0 Å². The van der Waals surface area contributed by atoms with E-state index in [1.165, 1.54) is 12.1 Å². The monoisotopic (exact) mass is 303 g/mol. The Labute approximate surface area is 128 Å². The molecule has 0 aliphatic carbocycles. The molecular formula is C16H17NO5. The number of nitrogens with zero attached hydrogens (tertiary/aromatic N) is 1. The molecule has 0 aromatic heterocycles. The van der Waals surface area contributed by atoms with E-state index in [0.717, 1.165) is 0 Å². The SMILES string of the molecule is Cc1cc(OCC(O)COc2ccccc2)ccc1[N+](=O)[O-]. The average molecular weight is 303 g/mol. The summed E-state index contributed by atoms with van der Waals surface area (Å²) < 4.78 is 10.8. The highest BCUT2D eigenvalue weighted by molar-refractivity contribution is 5.44. The number of aryl methyl sites for hydroxylation is 1. The summed E-state index contributed by atoms with van der Waals surface area (Å²) >= 11 is 0. The molecule has 2 aromatic carbocycles. The highest BCUT2D eigenvalue weighted by Gasteiger charge is 2.12. The van der Waals surface area contributed by atoms with Crippen molar-refractivity contribution in [3.8, 4) is 11.5 Å². The van der Waals surface area contributed by atoms with E-state index in [9.17, 15) is 15.2 Å². The molecule has 1 N–H and O–H groups in total. The topological polar surface area (TPSA) is 81.8 Å². The van der Waals surface area contributed by atoms with Gasteiger partial charge in [-0.25, -0.2) is 0 Å². The summed E-state index contributed by atoms with van der Waals surface area (Å²) in [5.74, 6) is 1.15. The van der Waals surface area contributed by atoms with Crippen molar-refractivity contribution in [1.29, 1.82) is 0 Å². The lowest BCUT2D eigenvalue weighted by molar-refractivity contribution is -0.385. The van der Waals surface area contributed by atoms with E-state index in [1.807, 2.05) is 18.2 Å². The summed E-state index contributed by atoms with van der Waals surface area (Å²) in [5, 5.41) is 20.6. The molecule has 116 valence electrons. The highest BCUT2D eigenvalue weighted by Crippen LogP contribution is 2.23. The molecule has 2 rings (SSSR count). The van der Waals surface area contributed by atoms with Gasteiger partial charge in [-0.1, -0.05) is 18.2 Å². The summed E-state index contributed by atoms with van der Waals surface area (Å²) in [5.41, 5.74) is 0.554. The maximum Gasteiger partial charge on any atom is 0.272 e. The molecular weight excluding hydrogens is 286 g/mol. The van der Waals surface area contributed by atoms with E-state index < -0.39 is 11.0 Å². The fourth-order valence-corrected chi connectivity index (χ4v) is 1.87. The number of ether oxygens (including phenoxy) is 2. The lowest BCUT2D eigenvalue weighted by Gasteiger charge is -2.13. The number of aliphatic hydroxyl groups excluding tert-OH is 1. The van der Waals surface area contributed by atoms with Crippen molar-refractivity contribution in [2.24, 2.45) is 0 Å². The Morgan fingerprint density at radius 1 is 1.09 bits per heavy atom. The van der Waals surface area contributed by atoms with Gasteiger partial charge in [-0.3, -0.25) is 10.1 Å². The van der Waals surface area contributed by atoms with Gasteiger partial charge in [0.25, 0.3) is 5.69 Å². The number of hydrogen-bond donors (Lipinski definition) is 1. The second kappa shape index (κ2) is 7.42. The van der Waals surface area contributed by atoms with Crippen LogP contribution in [0.15, 0.2) is 48.5 Å². The third kappa shape index (κ3) is 4.46. The molecule has 1 atom stereocenters. The minimum Gasteiger partial charge on any atom is -0.491 e. The Morgan fingerprint density at radius 2 is 1.73 bits per heavy atom. The van der Waals surface area contributed by atoms with Crippen LogP contribution >= 0.6 is 0 Å². The quantitative estimate of drug-likeness (QED) is 0.628. The van der Waals surface area contributed by atoms with Crippen LogP contribution in [0.25, 0.3) is 0 Å². The Kier molecular flexibility index (Phi) is 5.32. The van der Waals surface area contributed by atoms with E-state index in [1.54, 1.807) is 25.1 Å². The van der Waals surface area contributed by atoms with Crippen LogP contribution in [0.3, 0.4) is 0 Å². The molecule has 0 saturated carbocycles. The first-order chi connectivity index (χ1) is 10.6. The molecule has 1 unspecified atom stereocenters. The van der Waals surface area contributed by atoms with Gasteiger partial charge in [-0.15, -0.1) is 0 Å². The summed E-state index contributed by atoms with van der Waals surface area (Å²) in [6, 6.07) is 13.6. The minimum atomic E-state index is -0.796. The Balaban J connectivity index is 1.82. The number of benzene rings is 2. The van der Waals surface area contributed by atoms with Crippen molar-refractivity contribution in [3.05, 3.63) is 64.2 Å². The predicted molar refractivity (Wildman–Crippen MR) is 81.3 cm³/mol. The van der Waals surface area contributed by atoms with Crippen LogP contribution < -0.4 is 9.47 Å². The van der Waals surface area contributed by atoms with Crippen LogP contribution in [0.1, 0.15) is 5.56 Å². The lowest BCUT2D eigenvalue weighted by atomic mass is 10.2. The fraction of sp³-hybridized carbons (Fsp3) is 0.250. The molecule has 22 heavy (non-hydrogen) atoms. The van der Waals surface area contributed by atoms with E-state index in [0.29, 0.717) is 17.1 Å². The van der Waals surface area contributed by atoms with Crippen molar-refractivity contribution in [2.45, 2.75) is 13.0 Å². The molecule has 0 bridgehead atoms. The van der Waals surface area contributed by atoms with Crippen LogP contribution in [0, 0.1) is 17.0 Å². The van der Waals surface area contributed by atoms with Crippen molar-refractivity contribution >= 4 is 5.69 Å². The van der Waals surface area contributed by atoms with E-state index >= 15 is 0 Å². The van der Waals surface area contributed by atoms with Gasteiger partial charge in [-0.05, 0) is 31.2 Å². The van der Waals surface area contributed by atoms with E-state index in [4.69, 9.17) is 9.47 Å². The number of hydrogen-bond acceptors (Lipinski definition) is 5. The number of nitro benzene ring substituents is 1.